The molecule has 1 fully saturated rings. The first-order chi connectivity index (χ1) is 14.9. The zero-order valence-electron chi connectivity index (χ0n) is 17.0. The molecule has 164 valence electrons. The maximum Gasteiger partial charge on any atom is 0.250 e. The molecule has 1 saturated heterocycles. The number of piperazine rings is 1. The molecule has 1 unspecified atom stereocenters. The molecule has 0 saturated carbocycles. The molecule has 1 aliphatic heterocycles. The third kappa shape index (κ3) is 5.01. The molecule has 0 aliphatic carbocycles. The summed E-state index contributed by atoms with van der Waals surface area (Å²) in [5, 5.41) is 5.76. The summed E-state index contributed by atoms with van der Waals surface area (Å²) in [5.74, 6) is 0.841. The molecule has 11 heteroatoms. The minimum Gasteiger partial charge on any atom is -0.339 e. The Labute approximate surface area is 184 Å². The highest BCUT2D eigenvalue weighted by atomic mass is 32.2. The van der Waals surface area contributed by atoms with Crippen molar-refractivity contribution in [3.8, 4) is 11.4 Å². The first-order valence-electron chi connectivity index (χ1n) is 9.88. The maximum absolute atomic E-state index is 12.5. The molecule has 1 aliphatic rings. The molecule has 1 N–H and O–H groups in total. The van der Waals surface area contributed by atoms with E-state index in [1.165, 1.54) is 6.07 Å². The van der Waals surface area contributed by atoms with Crippen LogP contribution < -0.4 is 4.72 Å². The molecular formula is C20H23N5O4S2. The molecule has 3 aromatic rings. The smallest absolute Gasteiger partial charge is 0.250 e. The van der Waals surface area contributed by atoms with E-state index in [1.807, 2.05) is 37.3 Å². The van der Waals surface area contributed by atoms with Gasteiger partial charge in [0.1, 0.15) is 4.21 Å². The number of sulfonamides is 1. The molecule has 4 rings (SSSR count). The summed E-state index contributed by atoms with van der Waals surface area (Å²) in [6, 6.07) is 12.7. The van der Waals surface area contributed by atoms with Gasteiger partial charge in [-0.05, 0) is 18.4 Å². The number of carbonyl (C=O) groups excluding carboxylic acids is 1. The SMILES string of the molecule is CC(c1nc(-c2ccccc2)no1)N1CCN(C(=O)CNS(=O)(=O)c2cccs2)CC1. The van der Waals surface area contributed by atoms with Gasteiger partial charge >= 0.3 is 0 Å². The normalized spacial score (nSPS) is 16.4. The number of benzene rings is 1. The summed E-state index contributed by atoms with van der Waals surface area (Å²) in [5.41, 5.74) is 0.894. The van der Waals surface area contributed by atoms with Gasteiger partial charge in [-0.15, -0.1) is 11.3 Å². The van der Waals surface area contributed by atoms with Crippen molar-refractivity contribution in [2.75, 3.05) is 32.7 Å². The molecule has 3 heterocycles. The summed E-state index contributed by atoms with van der Waals surface area (Å²) < 4.78 is 32.4. The van der Waals surface area contributed by atoms with Crippen LogP contribution >= 0.6 is 11.3 Å². The zero-order valence-corrected chi connectivity index (χ0v) is 18.6. The number of amides is 1. The Morgan fingerprint density at radius 1 is 1.16 bits per heavy atom. The first kappa shape index (κ1) is 21.6. The van der Waals surface area contributed by atoms with Gasteiger partial charge in [0.25, 0.3) is 10.0 Å². The minimum absolute atomic E-state index is 0.0838. The van der Waals surface area contributed by atoms with Crippen LogP contribution in [0.1, 0.15) is 18.9 Å². The molecule has 0 spiro atoms. The maximum atomic E-state index is 12.5. The van der Waals surface area contributed by atoms with Crippen LogP contribution in [0.5, 0.6) is 0 Å². The summed E-state index contributed by atoms with van der Waals surface area (Å²) in [4.78, 5) is 20.8. The standard InChI is InChI=1S/C20H23N5O4S2/c1-15(20-22-19(23-29-20)16-6-3-2-4-7-16)24-9-11-25(12-10-24)17(26)14-21-31(27,28)18-8-5-13-30-18/h2-8,13,15,21H,9-12,14H2,1H3. The summed E-state index contributed by atoms with van der Waals surface area (Å²) >= 11 is 1.12. The molecule has 9 nitrogen and oxygen atoms in total. The lowest BCUT2D eigenvalue weighted by atomic mass is 10.2. The van der Waals surface area contributed by atoms with Crippen molar-refractivity contribution in [1.29, 1.82) is 0 Å². The molecule has 31 heavy (non-hydrogen) atoms. The van der Waals surface area contributed by atoms with Crippen molar-refractivity contribution in [1.82, 2.24) is 24.7 Å². The molecule has 1 atom stereocenters. The quantitative estimate of drug-likeness (QED) is 0.573. The fourth-order valence-corrected chi connectivity index (χ4v) is 5.39. The lowest BCUT2D eigenvalue weighted by Crippen LogP contribution is -2.51. The monoisotopic (exact) mass is 461 g/mol. The number of aromatic nitrogens is 2. The minimum atomic E-state index is -3.65. The number of hydrogen-bond acceptors (Lipinski definition) is 8. The van der Waals surface area contributed by atoms with Crippen molar-refractivity contribution in [3.63, 3.8) is 0 Å². The molecule has 1 aromatic carbocycles. The fraction of sp³-hybridized carbons (Fsp3) is 0.350. The number of nitrogens with one attached hydrogen (secondary N) is 1. The van der Waals surface area contributed by atoms with Crippen LogP contribution in [-0.2, 0) is 14.8 Å². The Morgan fingerprint density at radius 2 is 1.90 bits per heavy atom. The van der Waals surface area contributed by atoms with Gasteiger partial charge in [0, 0.05) is 31.7 Å². The molecular weight excluding hydrogens is 438 g/mol. The van der Waals surface area contributed by atoms with E-state index in [-0.39, 0.29) is 22.7 Å². The third-order valence-corrected chi connectivity index (χ3v) is 8.02. The van der Waals surface area contributed by atoms with Crippen LogP contribution in [0.15, 0.2) is 56.6 Å². The van der Waals surface area contributed by atoms with Gasteiger partial charge in [-0.2, -0.15) is 4.98 Å². The fourth-order valence-electron chi connectivity index (χ4n) is 3.38. The van der Waals surface area contributed by atoms with E-state index in [9.17, 15) is 13.2 Å². The van der Waals surface area contributed by atoms with Gasteiger partial charge in [-0.3, -0.25) is 9.69 Å². The highest BCUT2D eigenvalue weighted by Gasteiger charge is 2.28. The number of hydrogen-bond donors (Lipinski definition) is 1. The molecule has 2 aromatic heterocycles. The highest BCUT2D eigenvalue weighted by Crippen LogP contribution is 2.23. The van der Waals surface area contributed by atoms with Crippen LogP contribution in [0.25, 0.3) is 11.4 Å². The lowest BCUT2D eigenvalue weighted by molar-refractivity contribution is -0.132. The van der Waals surface area contributed by atoms with E-state index in [2.05, 4.69) is 19.8 Å². The van der Waals surface area contributed by atoms with E-state index in [0.717, 1.165) is 16.9 Å². The second-order valence-corrected chi connectivity index (χ2v) is 10.1. The van der Waals surface area contributed by atoms with Crippen molar-refractivity contribution < 1.29 is 17.7 Å². The van der Waals surface area contributed by atoms with Crippen molar-refractivity contribution in [2.24, 2.45) is 0 Å². The Bertz CT molecular complexity index is 1110. The molecule has 0 radical (unpaired) electrons. The Hall–Kier alpha value is -2.60. The number of rotatable bonds is 7. The lowest BCUT2D eigenvalue weighted by Gasteiger charge is -2.36. The second kappa shape index (κ2) is 9.27. The van der Waals surface area contributed by atoms with Crippen molar-refractivity contribution >= 4 is 27.3 Å². The van der Waals surface area contributed by atoms with Crippen LogP contribution in [0.2, 0.25) is 0 Å². The number of nitrogens with zero attached hydrogens (tertiary/aromatic N) is 4. The average molecular weight is 462 g/mol. The summed E-state index contributed by atoms with van der Waals surface area (Å²) in [6.45, 7) is 4.02. The van der Waals surface area contributed by atoms with Crippen LogP contribution in [0, 0.1) is 0 Å². The van der Waals surface area contributed by atoms with Gasteiger partial charge in [0.2, 0.25) is 17.6 Å². The zero-order chi connectivity index (χ0) is 21.8. The Kier molecular flexibility index (Phi) is 6.46. The Morgan fingerprint density at radius 3 is 2.58 bits per heavy atom. The topological polar surface area (TPSA) is 109 Å². The van der Waals surface area contributed by atoms with Gasteiger partial charge in [0.15, 0.2) is 0 Å². The Balaban J connectivity index is 1.29. The van der Waals surface area contributed by atoms with Crippen molar-refractivity contribution in [3.05, 3.63) is 53.7 Å². The van der Waals surface area contributed by atoms with E-state index < -0.39 is 10.0 Å². The average Bonchev–Trinajstić information content (AvgIpc) is 3.51. The molecule has 1 amide bonds. The van der Waals surface area contributed by atoms with Crippen molar-refractivity contribution in [2.45, 2.75) is 17.2 Å². The first-order valence-corrected chi connectivity index (χ1v) is 12.2. The van der Waals surface area contributed by atoms with Crippen LogP contribution in [0.4, 0.5) is 0 Å². The van der Waals surface area contributed by atoms with E-state index in [1.54, 1.807) is 16.3 Å². The molecule has 0 bridgehead atoms. The van der Waals surface area contributed by atoms with E-state index >= 15 is 0 Å². The van der Waals surface area contributed by atoms with Crippen LogP contribution in [-0.4, -0.2) is 67.0 Å². The summed E-state index contributed by atoms with van der Waals surface area (Å²) in [7, 11) is -3.65. The third-order valence-electron chi connectivity index (χ3n) is 5.22. The van der Waals surface area contributed by atoms with Gasteiger partial charge < -0.3 is 9.42 Å². The van der Waals surface area contributed by atoms with Gasteiger partial charge in [-0.25, -0.2) is 13.1 Å². The largest absolute Gasteiger partial charge is 0.339 e. The van der Waals surface area contributed by atoms with E-state index in [0.29, 0.717) is 37.9 Å². The van der Waals surface area contributed by atoms with Gasteiger partial charge in [-0.1, -0.05) is 41.6 Å². The van der Waals surface area contributed by atoms with Crippen LogP contribution in [0.3, 0.4) is 0 Å². The number of thiophene rings is 1. The highest BCUT2D eigenvalue weighted by molar-refractivity contribution is 7.91. The number of carbonyl (C=O) groups is 1. The van der Waals surface area contributed by atoms with E-state index in [4.69, 9.17) is 4.52 Å². The second-order valence-electron chi connectivity index (χ2n) is 7.17. The van der Waals surface area contributed by atoms with Gasteiger partial charge in [0.05, 0.1) is 12.6 Å². The summed E-state index contributed by atoms with van der Waals surface area (Å²) in [6.07, 6.45) is 0. The predicted octanol–water partition coefficient (Wildman–Crippen LogP) is 1.98. The predicted molar refractivity (Wildman–Crippen MR) is 116 cm³/mol.